The van der Waals surface area contributed by atoms with Crippen LogP contribution in [0.3, 0.4) is 0 Å². The van der Waals surface area contributed by atoms with Gasteiger partial charge in [-0.2, -0.15) is 5.26 Å². The Balaban J connectivity index is 2.28. The highest BCUT2D eigenvalue weighted by Crippen LogP contribution is 2.32. The number of ether oxygens (including phenoxy) is 2. The van der Waals surface area contributed by atoms with Crippen molar-refractivity contribution in [1.82, 2.24) is 0 Å². The third-order valence-corrected chi connectivity index (χ3v) is 2.07. The Morgan fingerprint density at radius 3 is 2.85 bits per heavy atom. The van der Waals surface area contributed by atoms with Crippen molar-refractivity contribution in [3.05, 3.63) is 29.5 Å². The van der Waals surface area contributed by atoms with E-state index in [1.54, 1.807) is 6.08 Å². The van der Waals surface area contributed by atoms with Crippen molar-refractivity contribution in [1.29, 1.82) is 5.26 Å². The van der Waals surface area contributed by atoms with E-state index in [4.69, 9.17) is 14.7 Å². The highest BCUT2D eigenvalue weighted by atomic mass is 16.7. The van der Waals surface area contributed by atoms with Gasteiger partial charge in [-0.25, -0.2) is 0 Å². The van der Waals surface area contributed by atoms with E-state index in [0.717, 1.165) is 5.57 Å². The molecule has 1 fully saturated rings. The molecule has 1 saturated heterocycles. The second-order valence-corrected chi connectivity index (χ2v) is 2.87. The van der Waals surface area contributed by atoms with Crippen molar-refractivity contribution in [3.63, 3.8) is 0 Å². The molecule has 0 amide bonds. The summed E-state index contributed by atoms with van der Waals surface area (Å²) in [6, 6.07) is 2.07. The van der Waals surface area contributed by atoms with Crippen LogP contribution in [-0.4, -0.2) is 19.0 Å². The molecule has 2 rings (SSSR count). The molecule has 66 valence electrons. The molecule has 1 aliphatic heterocycles. The maximum Gasteiger partial charge on any atom is 0.215 e. The van der Waals surface area contributed by atoms with E-state index in [1.165, 1.54) is 0 Å². The zero-order valence-electron chi connectivity index (χ0n) is 7.12. The molecule has 0 N–H and O–H groups in total. The summed E-state index contributed by atoms with van der Waals surface area (Å²) >= 11 is 0. The molecule has 0 aromatic carbocycles. The lowest BCUT2D eigenvalue weighted by Gasteiger charge is -2.23. The molecule has 0 aromatic rings. The standard InChI is InChI=1S/C10H9NO2/c11-6-5-10(12-7-8-13-10)9-3-1-2-4-9/h1-3H,5,7-8H2. The summed E-state index contributed by atoms with van der Waals surface area (Å²) in [7, 11) is 0. The van der Waals surface area contributed by atoms with Gasteiger partial charge in [0.15, 0.2) is 0 Å². The van der Waals surface area contributed by atoms with E-state index in [1.807, 2.05) is 12.2 Å². The molecular formula is C10H9NO2. The Labute approximate surface area is 76.6 Å². The lowest BCUT2D eigenvalue weighted by molar-refractivity contribution is -0.118. The molecule has 3 nitrogen and oxygen atoms in total. The minimum atomic E-state index is -0.849. The largest absolute Gasteiger partial charge is 0.342 e. The average Bonchev–Trinajstić information content (AvgIpc) is 2.73. The second kappa shape index (κ2) is 3.20. The molecular weight excluding hydrogens is 166 g/mol. The van der Waals surface area contributed by atoms with Crippen LogP contribution in [0.4, 0.5) is 0 Å². The van der Waals surface area contributed by atoms with Crippen molar-refractivity contribution in [2.24, 2.45) is 0 Å². The van der Waals surface area contributed by atoms with E-state index >= 15 is 0 Å². The smallest absolute Gasteiger partial charge is 0.215 e. The normalized spacial score (nSPS) is 23.2. The van der Waals surface area contributed by atoms with Crippen LogP contribution in [-0.2, 0) is 9.47 Å². The van der Waals surface area contributed by atoms with Gasteiger partial charge in [-0.3, -0.25) is 0 Å². The van der Waals surface area contributed by atoms with Gasteiger partial charge >= 0.3 is 0 Å². The summed E-state index contributed by atoms with van der Waals surface area (Å²) in [5, 5.41) is 8.67. The van der Waals surface area contributed by atoms with Crippen molar-refractivity contribution in [3.8, 4) is 6.07 Å². The van der Waals surface area contributed by atoms with Crippen LogP contribution in [0.2, 0.25) is 0 Å². The molecule has 0 radical (unpaired) electrons. The summed E-state index contributed by atoms with van der Waals surface area (Å²) in [5.74, 6) is -0.849. The van der Waals surface area contributed by atoms with Gasteiger partial charge in [-0.15, -0.1) is 5.73 Å². The fraction of sp³-hybridized carbons (Fsp3) is 0.400. The van der Waals surface area contributed by atoms with E-state index in [9.17, 15) is 0 Å². The molecule has 0 unspecified atom stereocenters. The lowest BCUT2D eigenvalue weighted by Crippen LogP contribution is -2.30. The Bertz CT molecular complexity index is 336. The molecule has 1 aliphatic carbocycles. The number of hydrogen-bond acceptors (Lipinski definition) is 3. The summed E-state index contributed by atoms with van der Waals surface area (Å²) < 4.78 is 10.9. The van der Waals surface area contributed by atoms with Gasteiger partial charge in [-0.1, -0.05) is 6.08 Å². The van der Waals surface area contributed by atoms with Gasteiger partial charge in [0, 0.05) is 0 Å². The predicted octanol–water partition coefficient (Wildman–Crippen LogP) is 1.29. The van der Waals surface area contributed by atoms with Gasteiger partial charge < -0.3 is 9.47 Å². The van der Waals surface area contributed by atoms with Crippen molar-refractivity contribution >= 4 is 0 Å². The number of rotatable bonds is 2. The van der Waals surface area contributed by atoms with Crippen LogP contribution in [0, 0.1) is 11.3 Å². The molecule has 0 saturated carbocycles. The molecule has 0 spiro atoms. The topological polar surface area (TPSA) is 42.2 Å². The second-order valence-electron chi connectivity index (χ2n) is 2.87. The Kier molecular flexibility index (Phi) is 2.03. The maximum atomic E-state index is 8.67. The van der Waals surface area contributed by atoms with Crippen LogP contribution >= 0.6 is 0 Å². The van der Waals surface area contributed by atoms with Crippen molar-refractivity contribution in [2.45, 2.75) is 12.2 Å². The Morgan fingerprint density at radius 2 is 2.31 bits per heavy atom. The van der Waals surface area contributed by atoms with E-state index in [-0.39, 0.29) is 6.42 Å². The lowest BCUT2D eigenvalue weighted by atomic mass is 10.1. The van der Waals surface area contributed by atoms with E-state index in [0.29, 0.717) is 13.2 Å². The zero-order valence-corrected chi connectivity index (χ0v) is 7.12. The number of nitrogens with zero attached hydrogens (tertiary/aromatic N) is 1. The van der Waals surface area contributed by atoms with Crippen LogP contribution in [0.25, 0.3) is 0 Å². The minimum absolute atomic E-state index is 0.216. The maximum absolute atomic E-state index is 8.67. The van der Waals surface area contributed by atoms with Crippen LogP contribution < -0.4 is 0 Å². The zero-order chi connectivity index (χ0) is 9.15. The molecule has 3 heteroatoms. The van der Waals surface area contributed by atoms with Gasteiger partial charge in [-0.05, 0) is 12.2 Å². The molecule has 2 aliphatic rings. The fourth-order valence-corrected chi connectivity index (χ4v) is 1.48. The fourth-order valence-electron chi connectivity index (χ4n) is 1.48. The highest BCUT2D eigenvalue weighted by molar-refractivity contribution is 5.35. The number of allylic oxidation sites excluding steroid dienone is 1. The number of hydrogen-bond donors (Lipinski definition) is 0. The summed E-state index contributed by atoms with van der Waals surface area (Å²) in [6.07, 6.45) is 5.73. The first-order valence-corrected chi connectivity index (χ1v) is 4.16. The first-order chi connectivity index (χ1) is 6.37. The molecule has 0 aromatic heterocycles. The van der Waals surface area contributed by atoms with Gasteiger partial charge in [0.2, 0.25) is 5.79 Å². The molecule has 13 heavy (non-hydrogen) atoms. The average molecular weight is 175 g/mol. The van der Waals surface area contributed by atoms with Crippen LogP contribution in [0.15, 0.2) is 29.5 Å². The van der Waals surface area contributed by atoms with Crippen molar-refractivity contribution in [2.75, 3.05) is 13.2 Å². The van der Waals surface area contributed by atoms with Crippen LogP contribution in [0.1, 0.15) is 6.42 Å². The third-order valence-electron chi connectivity index (χ3n) is 2.07. The summed E-state index contributed by atoms with van der Waals surface area (Å²) in [6.45, 7) is 1.08. The number of nitriles is 1. The van der Waals surface area contributed by atoms with E-state index in [2.05, 4.69) is 11.8 Å². The highest BCUT2D eigenvalue weighted by Gasteiger charge is 2.40. The monoisotopic (exact) mass is 175 g/mol. The van der Waals surface area contributed by atoms with Crippen LogP contribution in [0.5, 0.6) is 0 Å². The molecule has 0 atom stereocenters. The van der Waals surface area contributed by atoms with Gasteiger partial charge in [0.05, 0.1) is 31.3 Å². The SMILES string of the molecule is N#CCC1(C2=C=CC=C2)OCCO1. The summed E-state index contributed by atoms with van der Waals surface area (Å²) in [5.41, 5.74) is 3.82. The minimum Gasteiger partial charge on any atom is -0.342 e. The Hall–Kier alpha value is -1.33. The molecule has 0 bridgehead atoms. The van der Waals surface area contributed by atoms with E-state index < -0.39 is 5.79 Å². The summed E-state index contributed by atoms with van der Waals surface area (Å²) in [4.78, 5) is 0. The first-order valence-electron chi connectivity index (χ1n) is 4.16. The Morgan fingerprint density at radius 1 is 1.54 bits per heavy atom. The van der Waals surface area contributed by atoms with Gasteiger partial charge in [0.25, 0.3) is 0 Å². The first kappa shape index (κ1) is 8.28. The third kappa shape index (κ3) is 1.32. The van der Waals surface area contributed by atoms with Crippen molar-refractivity contribution < 1.29 is 9.47 Å². The molecule has 1 heterocycles. The van der Waals surface area contributed by atoms with Gasteiger partial charge in [0.1, 0.15) is 0 Å². The predicted molar refractivity (Wildman–Crippen MR) is 45.6 cm³/mol. The quantitative estimate of drug-likeness (QED) is 0.594.